The van der Waals surface area contributed by atoms with Crippen molar-refractivity contribution in [3.8, 4) is 10.4 Å². The normalized spacial score (nSPS) is 16.6. The molecule has 21 heavy (non-hydrogen) atoms. The molecule has 0 saturated heterocycles. The molecular formula is C13H12N2O4S2. The Bertz CT molecular complexity index is 780. The lowest BCUT2D eigenvalue weighted by Gasteiger charge is -2.11. The molecule has 8 heteroatoms. The number of hydrogen-bond acceptors (Lipinski definition) is 5. The molecule has 1 aliphatic carbocycles. The number of aromatic nitrogens is 1. The fourth-order valence-corrected chi connectivity index (χ4v) is 4.63. The monoisotopic (exact) mass is 324 g/mol. The van der Waals surface area contributed by atoms with Gasteiger partial charge in [-0.3, -0.25) is 9.78 Å². The van der Waals surface area contributed by atoms with Gasteiger partial charge in [0.25, 0.3) is 10.0 Å². The Morgan fingerprint density at radius 3 is 2.67 bits per heavy atom. The van der Waals surface area contributed by atoms with Crippen LogP contribution in [0.1, 0.15) is 12.8 Å². The summed E-state index contributed by atoms with van der Waals surface area (Å²) in [6.45, 7) is 0. The average molecular weight is 324 g/mol. The van der Waals surface area contributed by atoms with Crippen LogP contribution >= 0.6 is 11.3 Å². The number of nitrogens with zero attached hydrogens (tertiary/aromatic N) is 1. The molecule has 2 aromatic heterocycles. The van der Waals surface area contributed by atoms with Gasteiger partial charge in [0.05, 0.1) is 0 Å². The number of carboxylic acids is 1. The smallest absolute Gasteiger partial charge is 0.324 e. The number of sulfonamides is 1. The highest BCUT2D eigenvalue weighted by atomic mass is 32.2. The second-order valence-electron chi connectivity index (χ2n) is 4.85. The van der Waals surface area contributed by atoms with Gasteiger partial charge in [-0.1, -0.05) is 6.07 Å². The van der Waals surface area contributed by atoms with E-state index in [9.17, 15) is 13.2 Å². The zero-order chi connectivity index (χ0) is 15.1. The van der Waals surface area contributed by atoms with Crippen LogP contribution < -0.4 is 4.72 Å². The summed E-state index contributed by atoms with van der Waals surface area (Å²) in [6, 6.07) is 6.78. The van der Waals surface area contributed by atoms with Crippen molar-refractivity contribution >= 4 is 27.3 Å². The molecule has 1 aliphatic rings. The Hall–Kier alpha value is -1.77. The molecule has 0 spiro atoms. The standard InChI is InChI=1S/C13H12N2O4S2/c16-12(17)13(5-6-13)15-21(18,19)11-4-3-10(20-11)9-2-1-7-14-8-9/h1-4,7-8,15H,5-6H2,(H,16,17). The molecule has 0 unspecified atom stereocenters. The molecule has 0 atom stereocenters. The second kappa shape index (κ2) is 4.90. The SMILES string of the molecule is O=C(O)C1(NS(=O)(=O)c2ccc(-c3cccnc3)s2)CC1. The van der Waals surface area contributed by atoms with Crippen molar-refractivity contribution in [1.29, 1.82) is 0 Å². The average Bonchev–Trinajstić information content (AvgIpc) is 3.05. The summed E-state index contributed by atoms with van der Waals surface area (Å²) in [5.41, 5.74) is -0.500. The first kappa shape index (κ1) is 14.2. The molecule has 0 bridgehead atoms. The van der Waals surface area contributed by atoms with Crippen LogP contribution in [0.25, 0.3) is 10.4 Å². The third kappa shape index (κ3) is 2.69. The van der Waals surface area contributed by atoms with Crippen LogP contribution in [0, 0.1) is 0 Å². The molecule has 110 valence electrons. The summed E-state index contributed by atoms with van der Waals surface area (Å²) in [6.07, 6.45) is 3.93. The molecule has 0 aromatic carbocycles. The minimum atomic E-state index is -3.82. The number of pyridine rings is 1. The number of carboxylic acid groups (broad SMARTS) is 1. The molecule has 2 aromatic rings. The van der Waals surface area contributed by atoms with E-state index in [0.29, 0.717) is 12.8 Å². The number of nitrogens with one attached hydrogen (secondary N) is 1. The first-order valence-electron chi connectivity index (χ1n) is 6.21. The van der Waals surface area contributed by atoms with Crippen molar-refractivity contribution in [3.63, 3.8) is 0 Å². The van der Waals surface area contributed by atoms with E-state index >= 15 is 0 Å². The molecular weight excluding hydrogens is 312 g/mol. The van der Waals surface area contributed by atoms with Crippen LogP contribution in [0.2, 0.25) is 0 Å². The highest BCUT2D eigenvalue weighted by molar-refractivity contribution is 7.91. The summed E-state index contributed by atoms with van der Waals surface area (Å²) in [7, 11) is -3.82. The maximum Gasteiger partial charge on any atom is 0.324 e. The first-order valence-corrected chi connectivity index (χ1v) is 8.51. The van der Waals surface area contributed by atoms with Crippen molar-refractivity contribution in [2.75, 3.05) is 0 Å². The van der Waals surface area contributed by atoms with E-state index in [0.717, 1.165) is 21.8 Å². The second-order valence-corrected chi connectivity index (χ2v) is 7.85. The lowest BCUT2D eigenvalue weighted by atomic mass is 10.2. The third-order valence-corrected chi connectivity index (χ3v) is 6.44. The largest absolute Gasteiger partial charge is 0.480 e. The molecule has 0 amide bonds. The van der Waals surface area contributed by atoms with E-state index in [2.05, 4.69) is 9.71 Å². The highest BCUT2D eigenvalue weighted by Crippen LogP contribution is 2.38. The van der Waals surface area contributed by atoms with Crippen LogP contribution in [0.4, 0.5) is 0 Å². The number of hydrogen-bond donors (Lipinski definition) is 2. The van der Waals surface area contributed by atoms with Crippen molar-refractivity contribution in [2.24, 2.45) is 0 Å². The van der Waals surface area contributed by atoms with Crippen LogP contribution in [0.3, 0.4) is 0 Å². The Balaban J connectivity index is 1.88. The first-order chi connectivity index (χ1) is 9.93. The van der Waals surface area contributed by atoms with Crippen molar-refractivity contribution < 1.29 is 18.3 Å². The maximum absolute atomic E-state index is 12.3. The van der Waals surface area contributed by atoms with Gasteiger partial charge in [-0.2, -0.15) is 4.72 Å². The summed E-state index contributed by atoms with van der Waals surface area (Å²) >= 11 is 1.09. The number of carbonyl (C=O) groups is 1. The number of aliphatic carboxylic acids is 1. The molecule has 0 radical (unpaired) electrons. The number of thiophene rings is 1. The van der Waals surface area contributed by atoms with Gasteiger partial charge in [0.15, 0.2) is 0 Å². The number of rotatable bonds is 5. The molecule has 2 N–H and O–H groups in total. The third-order valence-electron chi connectivity index (χ3n) is 3.28. The molecule has 1 fully saturated rings. The highest BCUT2D eigenvalue weighted by Gasteiger charge is 2.53. The van der Waals surface area contributed by atoms with Gasteiger partial charge < -0.3 is 5.11 Å². The van der Waals surface area contributed by atoms with Gasteiger partial charge in [-0.15, -0.1) is 11.3 Å². The fourth-order valence-electron chi connectivity index (χ4n) is 1.92. The molecule has 3 rings (SSSR count). The molecule has 1 saturated carbocycles. The zero-order valence-corrected chi connectivity index (χ0v) is 12.4. The molecule has 0 aliphatic heterocycles. The van der Waals surface area contributed by atoms with E-state index < -0.39 is 21.5 Å². The Morgan fingerprint density at radius 2 is 2.10 bits per heavy atom. The summed E-state index contributed by atoms with van der Waals surface area (Å²) in [5, 5.41) is 9.07. The van der Waals surface area contributed by atoms with E-state index in [4.69, 9.17) is 5.11 Å². The van der Waals surface area contributed by atoms with E-state index in [-0.39, 0.29) is 4.21 Å². The van der Waals surface area contributed by atoms with Gasteiger partial charge >= 0.3 is 5.97 Å². The molecule has 2 heterocycles. The van der Waals surface area contributed by atoms with Gasteiger partial charge in [0, 0.05) is 22.8 Å². The predicted molar refractivity (Wildman–Crippen MR) is 77.5 cm³/mol. The van der Waals surface area contributed by atoms with Crippen LogP contribution in [-0.4, -0.2) is 30.0 Å². The van der Waals surface area contributed by atoms with Gasteiger partial charge in [0.1, 0.15) is 9.75 Å². The lowest BCUT2D eigenvalue weighted by molar-refractivity contribution is -0.140. The minimum Gasteiger partial charge on any atom is -0.480 e. The van der Waals surface area contributed by atoms with Gasteiger partial charge in [0.2, 0.25) is 0 Å². The van der Waals surface area contributed by atoms with Gasteiger partial charge in [-0.25, -0.2) is 8.42 Å². The Morgan fingerprint density at radius 1 is 1.33 bits per heavy atom. The zero-order valence-electron chi connectivity index (χ0n) is 10.8. The van der Waals surface area contributed by atoms with Crippen LogP contribution in [-0.2, 0) is 14.8 Å². The van der Waals surface area contributed by atoms with E-state index in [1.807, 2.05) is 6.07 Å². The lowest BCUT2D eigenvalue weighted by Crippen LogP contribution is -2.42. The molecule has 6 nitrogen and oxygen atoms in total. The topological polar surface area (TPSA) is 96.4 Å². The van der Waals surface area contributed by atoms with Gasteiger partial charge in [-0.05, 0) is 31.0 Å². The summed E-state index contributed by atoms with van der Waals surface area (Å²) in [5.74, 6) is -1.13. The van der Waals surface area contributed by atoms with Crippen molar-refractivity contribution in [1.82, 2.24) is 9.71 Å². The minimum absolute atomic E-state index is 0.105. The van der Waals surface area contributed by atoms with Crippen LogP contribution in [0.15, 0.2) is 40.9 Å². The van der Waals surface area contributed by atoms with Crippen molar-refractivity contribution in [3.05, 3.63) is 36.7 Å². The van der Waals surface area contributed by atoms with E-state index in [1.54, 1.807) is 24.5 Å². The maximum atomic E-state index is 12.3. The quantitative estimate of drug-likeness (QED) is 0.872. The van der Waals surface area contributed by atoms with Crippen molar-refractivity contribution in [2.45, 2.75) is 22.6 Å². The Labute approximate surface area is 125 Å². The van der Waals surface area contributed by atoms with E-state index in [1.165, 1.54) is 6.07 Å². The van der Waals surface area contributed by atoms with Crippen LogP contribution in [0.5, 0.6) is 0 Å². The summed E-state index contributed by atoms with van der Waals surface area (Å²) in [4.78, 5) is 15.8. The fraction of sp³-hybridized carbons (Fsp3) is 0.231. The predicted octanol–water partition coefficient (Wildman–Crippen LogP) is 1.71. The Kier molecular flexibility index (Phi) is 3.31. The summed E-state index contributed by atoms with van der Waals surface area (Å²) < 4.78 is 26.9.